The molecular weight excluding hydrogens is 469 g/mol. The lowest BCUT2D eigenvalue weighted by Gasteiger charge is -2.32. The van der Waals surface area contributed by atoms with Crippen LogP contribution in [0.25, 0.3) is 0 Å². The summed E-state index contributed by atoms with van der Waals surface area (Å²) < 4.78 is 41.1. The summed E-state index contributed by atoms with van der Waals surface area (Å²) in [5.41, 5.74) is 1.41. The number of anilines is 1. The monoisotopic (exact) mass is 505 g/mol. The molecule has 0 radical (unpaired) electrons. The molecule has 35 heavy (non-hydrogen) atoms. The van der Waals surface area contributed by atoms with Crippen LogP contribution in [0, 0.1) is 5.82 Å². The number of halogens is 1. The second kappa shape index (κ2) is 12.2. The molecule has 9 heteroatoms. The van der Waals surface area contributed by atoms with Gasteiger partial charge in [0.05, 0.1) is 11.9 Å². The van der Waals surface area contributed by atoms with E-state index in [1.165, 1.54) is 23.1 Å². The van der Waals surface area contributed by atoms with Crippen LogP contribution in [0.5, 0.6) is 0 Å². The van der Waals surface area contributed by atoms with E-state index in [4.69, 9.17) is 0 Å². The van der Waals surface area contributed by atoms with Gasteiger partial charge in [-0.25, -0.2) is 12.8 Å². The number of carbonyl (C=O) groups excluding carboxylic acids is 2. The van der Waals surface area contributed by atoms with Crippen molar-refractivity contribution in [2.24, 2.45) is 0 Å². The van der Waals surface area contributed by atoms with Gasteiger partial charge in [-0.05, 0) is 43.9 Å². The summed E-state index contributed by atoms with van der Waals surface area (Å²) in [4.78, 5) is 27.7. The average molecular weight is 506 g/mol. The first kappa shape index (κ1) is 28.3. The summed E-state index contributed by atoms with van der Waals surface area (Å²) >= 11 is 0. The zero-order chi connectivity index (χ0) is 26.3. The number of para-hydroxylation sites is 1. The van der Waals surface area contributed by atoms with Crippen molar-refractivity contribution >= 4 is 27.5 Å². The third kappa shape index (κ3) is 7.52. The standard InChI is InChI=1S/C26H36FN3O4S/c1-7-19(4)28-26(32)20(5)29(16-21-12-8-10-14-23(21)27)25(31)17-30(35(6,33)34)24-15-11-9-13-22(24)18(2)3/h8-15,18-20H,7,16-17H2,1-6H3,(H,28,32). The summed E-state index contributed by atoms with van der Waals surface area (Å²) in [6.07, 6.45) is 1.74. The second-order valence-corrected chi connectivity index (χ2v) is 11.0. The minimum absolute atomic E-state index is 0.0142. The molecule has 2 atom stereocenters. The Labute approximate surface area is 208 Å². The fourth-order valence-electron chi connectivity index (χ4n) is 3.66. The van der Waals surface area contributed by atoms with Crippen LogP contribution in [-0.4, -0.2) is 50.0 Å². The molecule has 0 saturated heterocycles. The lowest BCUT2D eigenvalue weighted by molar-refractivity contribution is -0.139. The molecule has 2 aromatic rings. The van der Waals surface area contributed by atoms with Crippen molar-refractivity contribution in [3.05, 3.63) is 65.5 Å². The largest absolute Gasteiger partial charge is 0.352 e. The third-order valence-corrected chi connectivity index (χ3v) is 7.10. The number of sulfonamides is 1. The Morgan fingerprint density at radius 1 is 1.00 bits per heavy atom. The Bertz CT molecular complexity index is 1140. The van der Waals surface area contributed by atoms with Gasteiger partial charge in [0.1, 0.15) is 18.4 Å². The number of hydrogen-bond donors (Lipinski definition) is 1. The summed E-state index contributed by atoms with van der Waals surface area (Å²) in [5, 5.41) is 2.85. The number of rotatable bonds is 11. The van der Waals surface area contributed by atoms with Crippen LogP contribution in [0.2, 0.25) is 0 Å². The minimum atomic E-state index is -3.84. The molecule has 0 fully saturated rings. The van der Waals surface area contributed by atoms with Crippen molar-refractivity contribution in [2.75, 3.05) is 17.1 Å². The Hall–Kier alpha value is -2.94. The van der Waals surface area contributed by atoms with Gasteiger partial charge in [0.15, 0.2) is 0 Å². The molecule has 1 N–H and O–H groups in total. The van der Waals surface area contributed by atoms with E-state index < -0.39 is 40.2 Å². The maximum absolute atomic E-state index is 14.5. The van der Waals surface area contributed by atoms with Crippen LogP contribution < -0.4 is 9.62 Å². The van der Waals surface area contributed by atoms with Gasteiger partial charge in [-0.1, -0.05) is 57.2 Å². The first-order chi connectivity index (χ1) is 16.4. The lowest BCUT2D eigenvalue weighted by Crippen LogP contribution is -2.52. The number of nitrogens with one attached hydrogen (secondary N) is 1. The van der Waals surface area contributed by atoms with Gasteiger partial charge < -0.3 is 10.2 Å². The molecule has 2 aromatic carbocycles. The number of nitrogens with zero attached hydrogens (tertiary/aromatic N) is 2. The quantitative estimate of drug-likeness (QED) is 0.499. The maximum atomic E-state index is 14.5. The normalized spacial score (nSPS) is 13.3. The van der Waals surface area contributed by atoms with Crippen LogP contribution in [0.15, 0.2) is 48.5 Å². The van der Waals surface area contributed by atoms with Gasteiger partial charge in [0, 0.05) is 18.2 Å². The molecule has 0 aromatic heterocycles. The van der Waals surface area contributed by atoms with Crippen molar-refractivity contribution < 1.29 is 22.4 Å². The van der Waals surface area contributed by atoms with Gasteiger partial charge in [-0.2, -0.15) is 0 Å². The SMILES string of the molecule is CCC(C)NC(=O)C(C)N(Cc1ccccc1F)C(=O)CN(c1ccccc1C(C)C)S(C)(=O)=O. The molecular formula is C26H36FN3O4S. The van der Waals surface area contributed by atoms with Crippen LogP contribution >= 0.6 is 0 Å². The number of hydrogen-bond acceptors (Lipinski definition) is 4. The minimum Gasteiger partial charge on any atom is -0.352 e. The van der Waals surface area contributed by atoms with Crippen molar-refractivity contribution in [3.63, 3.8) is 0 Å². The van der Waals surface area contributed by atoms with E-state index in [-0.39, 0.29) is 24.1 Å². The van der Waals surface area contributed by atoms with Crippen LogP contribution in [0.1, 0.15) is 58.1 Å². The van der Waals surface area contributed by atoms with Crippen molar-refractivity contribution in [3.8, 4) is 0 Å². The maximum Gasteiger partial charge on any atom is 0.244 e. The van der Waals surface area contributed by atoms with E-state index in [1.54, 1.807) is 25.1 Å². The van der Waals surface area contributed by atoms with E-state index in [2.05, 4.69) is 5.32 Å². The number of carbonyl (C=O) groups is 2. The van der Waals surface area contributed by atoms with Gasteiger partial charge in [-0.3, -0.25) is 13.9 Å². The van der Waals surface area contributed by atoms with E-state index >= 15 is 0 Å². The summed E-state index contributed by atoms with van der Waals surface area (Å²) in [6.45, 7) is 8.51. The predicted molar refractivity (Wildman–Crippen MR) is 137 cm³/mol. The average Bonchev–Trinajstić information content (AvgIpc) is 2.80. The highest BCUT2D eigenvalue weighted by Gasteiger charge is 2.31. The van der Waals surface area contributed by atoms with E-state index in [9.17, 15) is 22.4 Å². The molecule has 192 valence electrons. The Morgan fingerprint density at radius 3 is 2.17 bits per heavy atom. The van der Waals surface area contributed by atoms with E-state index in [1.807, 2.05) is 39.8 Å². The third-order valence-electron chi connectivity index (χ3n) is 5.97. The fraction of sp³-hybridized carbons (Fsp3) is 0.462. The zero-order valence-electron chi connectivity index (χ0n) is 21.3. The van der Waals surface area contributed by atoms with Crippen molar-refractivity contribution in [1.29, 1.82) is 0 Å². The molecule has 0 aliphatic heterocycles. The fourth-order valence-corrected chi connectivity index (χ4v) is 4.52. The van der Waals surface area contributed by atoms with Crippen molar-refractivity contribution in [2.45, 2.75) is 65.6 Å². The first-order valence-corrected chi connectivity index (χ1v) is 13.6. The second-order valence-electron chi connectivity index (χ2n) is 9.09. The van der Waals surface area contributed by atoms with Gasteiger partial charge in [0.2, 0.25) is 21.8 Å². The molecule has 7 nitrogen and oxygen atoms in total. The molecule has 2 rings (SSSR count). The van der Waals surface area contributed by atoms with Gasteiger partial charge >= 0.3 is 0 Å². The summed E-state index contributed by atoms with van der Waals surface area (Å²) in [7, 11) is -3.84. The van der Waals surface area contributed by atoms with Crippen molar-refractivity contribution in [1.82, 2.24) is 10.2 Å². The van der Waals surface area contributed by atoms with Crippen LogP contribution in [0.4, 0.5) is 10.1 Å². The molecule has 0 aliphatic carbocycles. The molecule has 0 aliphatic rings. The van der Waals surface area contributed by atoms with Gasteiger partial charge in [0.25, 0.3) is 0 Å². The number of benzene rings is 2. The highest BCUT2D eigenvalue weighted by atomic mass is 32.2. The lowest BCUT2D eigenvalue weighted by atomic mass is 10.0. The van der Waals surface area contributed by atoms with E-state index in [0.717, 1.165) is 16.1 Å². The summed E-state index contributed by atoms with van der Waals surface area (Å²) in [6, 6.07) is 12.0. The Morgan fingerprint density at radius 2 is 1.60 bits per heavy atom. The van der Waals surface area contributed by atoms with Crippen LogP contribution in [-0.2, 0) is 26.2 Å². The van der Waals surface area contributed by atoms with E-state index in [0.29, 0.717) is 12.1 Å². The molecule has 2 unspecified atom stereocenters. The van der Waals surface area contributed by atoms with Gasteiger partial charge in [-0.15, -0.1) is 0 Å². The Balaban J connectivity index is 2.47. The predicted octanol–water partition coefficient (Wildman–Crippen LogP) is 4.05. The first-order valence-electron chi connectivity index (χ1n) is 11.8. The zero-order valence-corrected chi connectivity index (χ0v) is 22.1. The summed E-state index contributed by atoms with van der Waals surface area (Å²) in [5.74, 6) is -1.49. The Kier molecular flexibility index (Phi) is 9.82. The highest BCUT2D eigenvalue weighted by molar-refractivity contribution is 7.92. The molecule has 0 spiro atoms. The molecule has 0 saturated carbocycles. The number of amides is 2. The smallest absolute Gasteiger partial charge is 0.244 e. The highest BCUT2D eigenvalue weighted by Crippen LogP contribution is 2.29. The topological polar surface area (TPSA) is 86.8 Å². The molecule has 0 bridgehead atoms. The molecule has 0 heterocycles. The molecule has 2 amide bonds. The van der Waals surface area contributed by atoms with Crippen LogP contribution in [0.3, 0.4) is 0 Å².